The van der Waals surface area contributed by atoms with E-state index in [4.69, 9.17) is 14.6 Å². The molecule has 15 heavy (non-hydrogen) atoms. The highest BCUT2D eigenvalue weighted by Gasteiger charge is 2.29. The van der Waals surface area contributed by atoms with Gasteiger partial charge in [0, 0.05) is 24.4 Å². The molecule has 0 radical (unpaired) electrons. The van der Waals surface area contributed by atoms with Crippen molar-refractivity contribution in [1.29, 1.82) is 0 Å². The van der Waals surface area contributed by atoms with Crippen molar-refractivity contribution >= 4 is 7.60 Å². The molecule has 0 fully saturated rings. The average Bonchev–Trinajstić information content (AvgIpc) is 2.29. The Morgan fingerprint density at radius 2 is 2.27 bits per heavy atom. The summed E-state index contributed by atoms with van der Waals surface area (Å²) >= 11 is 0. The van der Waals surface area contributed by atoms with Crippen molar-refractivity contribution in [3.05, 3.63) is 21.8 Å². The maximum Gasteiger partial charge on any atom is 0.356 e. The van der Waals surface area contributed by atoms with Crippen LogP contribution in [0.4, 0.5) is 0 Å². The first-order valence-corrected chi connectivity index (χ1v) is 6.17. The standard InChI is InChI=1S/C8H14N3O3P/c1-13-15(12,14-2)8-5-3-4-7(6-8)10-11-9/h6-7H,3-5H2,1-2H3. The van der Waals surface area contributed by atoms with Gasteiger partial charge in [0.05, 0.1) is 6.04 Å². The summed E-state index contributed by atoms with van der Waals surface area (Å²) in [5.74, 6) is 0. The molecule has 0 amide bonds. The lowest BCUT2D eigenvalue weighted by Crippen LogP contribution is -2.08. The summed E-state index contributed by atoms with van der Waals surface area (Å²) in [4.78, 5) is 2.74. The van der Waals surface area contributed by atoms with E-state index in [-0.39, 0.29) is 6.04 Å². The van der Waals surface area contributed by atoms with E-state index in [1.165, 1.54) is 14.2 Å². The molecule has 1 atom stereocenters. The molecule has 84 valence electrons. The lowest BCUT2D eigenvalue weighted by atomic mass is 10.0. The van der Waals surface area contributed by atoms with Crippen molar-refractivity contribution in [2.24, 2.45) is 5.11 Å². The van der Waals surface area contributed by atoms with Gasteiger partial charge in [-0.05, 0) is 24.8 Å². The van der Waals surface area contributed by atoms with E-state index in [0.717, 1.165) is 12.8 Å². The van der Waals surface area contributed by atoms with Gasteiger partial charge in [0.15, 0.2) is 0 Å². The van der Waals surface area contributed by atoms with Gasteiger partial charge in [-0.25, -0.2) is 0 Å². The Balaban J connectivity index is 2.94. The monoisotopic (exact) mass is 231 g/mol. The Morgan fingerprint density at radius 1 is 1.60 bits per heavy atom. The SMILES string of the molecule is COP(=O)(OC)C1=CC(N=[N+]=[N-])CCC1. The zero-order valence-electron chi connectivity index (χ0n) is 8.79. The lowest BCUT2D eigenvalue weighted by Gasteiger charge is -2.22. The van der Waals surface area contributed by atoms with Crippen molar-refractivity contribution in [2.75, 3.05) is 14.2 Å². The minimum absolute atomic E-state index is 0.239. The summed E-state index contributed by atoms with van der Waals surface area (Å²) in [6, 6.07) is -0.239. The molecule has 1 aliphatic carbocycles. The van der Waals surface area contributed by atoms with Crippen LogP contribution in [0.15, 0.2) is 16.5 Å². The third-order valence-electron chi connectivity index (χ3n) is 2.35. The summed E-state index contributed by atoms with van der Waals surface area (Å²) in [7, 11) is -0.441. The number of hydrogen-bond acceptors (Lipinski definition) is 4. The van der Waals surface area contributed by atoms with Crippen LogP contribution < -0.4 is 0 Å². The van der Waals surface area contributed by atoms with Crippen molar-refractivity contribution in [2.45, 2.75) is 25.3 Å². The van der Waals surface area contributed by atoms with Crippen LogP contribution >= 0.6 is 7.60 Å². The van der Waals surface area contributed by atoms with E-state index in [2.05, 4.69) is 10.0 Å². The number of allylic oxidation sites excluding steroid dienone is 1. The fourth-order valence-corrected chi connectivity index (χ4v) is 2.98. The molecule has 0 aromatic heterocycles. The van der Waals surface area contributed by atoms with Crippen LogP contribution in [0.3, 0.4) is 0 Å². The van der Waals surface area contributed by atoms with Crippen LogP contribution in [-0.2, 0) is 13.6 Å². The predicted molar refractivity (Wildman–Crippen MR) is 56.5 cm³/mol. The fraction of sp³-hybridized carbons (Fsp3) is 0.750. The minimum atomic E-state index is -3.14. The maximum atomic E-state index is 12.0. The second-order valence-corrected chi connectivity index (χ2v) is 5.48. The van der Waals surface area contributed by atoms with Crippen LogP contribution in [0.25, 0.3) is 10.4 Å². The van der Waals surface area contributed by atoms with Gasteiger partial charge in [0.1, 0.15) is 0 Å². The number of azide groups is 1. The largest absolute Gasteiger partial charge is 0.356 e. The van der Waals surface area contributed by atoms with E-state index in [1.807, 2.05) is 0 Å². The van der Waals surface area contributed by atoms with Gasteiger partial charge in [-0.15, -0.1) is 0 Å². The summed E-state index contributed by atoms with van der Waals surface area (Å²) in [5, 5.41) is 4.20. The second-order valence-electron chi connectivity index (χ2n) is 3.19. The van der Waals surface area contributed by atoms with Crippen molar-refractivity contribution < 1.29 is 13.6 Å². The first-order valence-electron chi connectivity index (χ1n) is 4.63. The van der Waals surface area contributed by atoms with Crippen LogP contribution in [0.5, 0.6) is 0 Å². The Bertz CT molecular complexity index is 341. The molecule has 0 heterocycles. The third-order valence-corrected chi connectivity index (χ3v) is 4.39. The average molecular weight is 231 g/mol. The molecule has 1 rings (SSSR count). The number of rotatable bonds is 4. The van der Waals surface area contributed by atoms with Crippen molar-refractivity contribution in [1.82, 2.24) is 0 Å². The van der Waals surface area contributed by atoms with Gasteiger partial charge in [0.2, 0.25) is 0 Å². The molecule has 0 spiro atoms. The summed E-state index contributed by atoms with van der Waals surface area (Å²) < 4.78 is 21.8. The molecule has 6 nitrogen and oxygen atoms in total. The van der Waals surface area contributed by atoms with Crippen LogP contribution in [0.2, 0.25) is 0 Å². The summed E-state index contributed by atoms with van der Waals surface area (Å²) in [5.41, 5.74) is 8.32. The van der Waals surface area contributed by atoms with Gasteiger partial charge in [0.25, 0.3) is 0 Å². The Kier molecular flexibility index (Phi) is 4.36. The topological polar surface area (TPSA) is 84.3 Å². The summed E-state index contributed by atoms with van der Waals surface area (Å²) in [6.07, 6.45) is 3.96. The van der Waals surface area contributed by atoms with E-state index >= 15 is 0 Å². The van der Waals surface area contributed by atoms with Crippen molar-refractivity contribution in [3.8, 4) is 0 Å². The normalized spacial score (nSPS) is 21.7. The Hall–Kier alpha value is -0.800. The summed E-state index contributed by atoms with van der Waals surface area (Å²) in [6.45, 7) is 0. The van der Waals surface area contributed by atoms with E-state index in [1.54, 1.807) is 6.08 Å². The third kappa shape index (κ3) is 2.83. The Morgan fingerprint density at radius 3 is 2.80 bits per heavy atom. The molecule has 0 aromatic rings. The lowest BCUT2D eigenvalue weighted by molar-refractivity contribution is 0.281. The van der Waals surface area contributed by atoms with E-state index in [9.17, 15) is 4.57 Å². The first kappa shape index (κ1) is 12.3. The zero-order chi connectivity index (χ0) is 11.3. The Labute approximate surface area is 88.4 Å². The number of nitrogens with zero attached hydrogens (tertiary/aromatic N) is 3. The maximum absolute atomic E-state index is 12.0. The predicted octanol–water partition coefficient (Wildman–Crippen LogP) is 3.22. The second kappa shape index (κ2) is 5.33. The van der Waals surface area contributed by atoms with E-state index < -0.39 is 7.60 Å². The molecule has 0 aromatic carbocycles. The number of hydrogen-bond donors (Lipinski definition) is 0. The molecular formula is C8H14N3O3P. The van der Waals surface area contributed by atoms with Crippen LogP contribution in [0.1, 0.15) is 19.3 Å². The molecule has 0 saturated heterocycles. The first-order chi connectivity index (χ1) is 7.16. The molecule has 1 aliphatic rings. The van der Waals surface area contributed by atoms with Gasteiger partial charge in [-0.2, -0.15) is 0 Å². The molecule has 7 heteroatoms. The smallest absolute Gasteiger partial charge is 0.309 e. The van der Waals surface area contributed by atoms with Crippen molar-refractivity contribution in [3.63, 3.8) is 0 Å². The molecule has 0 saturated carbocycles. The van der Waals surface area contributed by atoms with Gasteiger partial charge < -0.3 is 9.05 Å². The van der Waals surface area contributed by atoms with E-state index in [0.29, 0.717) is 11.7 Å². The minimum Gasteiger partial charge on any atom is -0.309 e. The van der Waals surface area contributed by atoms with Gasteiger partial charge >= 0.3 is 7.60 Å². The van der Waals surface area contributed by atoms with Gasteiger partial charge in [-0.3, -0.25) is 4.57 Å². The highest BCUT2D eigenvalue weighted by atomic mass is 31.2. The molecular weight excluding hydrogens is 217 g/mol. The fourth-order valence-electron chi connectivity index (χ4n) is 1.58. The van der Waals surface area contributed by atoms with Crippen LogP contribution in [0, 0.1) is 0 Å². The van der Waals surface area contributed by atoms with Crippen LogP contribution in [-0.4, -0.2) is 20.3 Å². The molecule has 0 bridgehead atoms. The highest BCUT2D eigenvalue weighted by Crippen LogP contribution is 2.57. The molecule has 0 N–H and O–H groups in total. The highest BCUT2D eigenvalue weighted by molar-refractivity contribution is 7.58. The quantitative estimate of drug-likeness (QED) is 0.322. The molecule has 1 unspecified atom stereocenters. The van der Waals surface area contributed by atoms with Gasteiger partial charge in [-0.1, -0.05) is 11.2 Å². The molecule has 0 aliphatic heterocycles. The zero-order valence-corrected chi connectivity index (χ0v) is 9.68.